The fourth-order valence-corrected chi connectivity index (χ4v) is 3.00. The van der Waals surface area contributed by atoms with Crippen LogP contribution < -0.4 is 15.5 Å². The highest BCUT2D eigenvalue weighted by molar-refractivity contribution is 9.10. The monoisotopic (exact) mass is 325 g/mol. The van der Waals surface area contributed by atoms with Gasteiger partial charge in [0.05, 0.1) is 17.9 Å². The van der Waals surface area contributed by atoms with E-state index in [0.717, 1.165) is 21.4 Å². The van der Waals surface area contributed by atoms with E-state index in [0.29, 0.717) is 13.0 Å². The highest BCUT2D eigenvalue weighted by atomic mass is 79.9. The molecule has 0 unspecified atom stereocenters. The molecule has 102 valence electrons. The zero-order chi connectivity index (χ0) is 14.2. The summed E-state index contributed by atoms with van der Waals surface area (Å²) in [5.41, 5.74) is 7.93. The van der Waals surface area contributed by atoms with Crippen LogP contribution in [0.5, 0.6) is 0 Å². The van der Waals surface area contributed by atoms with E-state index in [1.54, 1.807) is 16.8 Å². The second-order valence-electron chi connectivity index (χ2n) is 4.57. The Labute approximate surface area is 120 Å². The molecule has 1 heterocycles. The summed E-state index contributed by atoms with van der Waals surface area (Å²) < 4.78 is 0.797. The predicted octanol–water partition coefficient (Wildman–Crippen LogP) is 1.42. The van der Waals surface area contributed by atoms with Gasteiger partial charge < -0.3 is 15.5 Å². The van der Waals surface area contributed by atoms with Crippen molar-refractivity contribution in [3.05, 3.63) is 22.2 Å². The highest BCUT2D eigenvalue weighted by Crippen LogP contribution is 2.39. The summed E-state index contributed by atoms with van der Waals surface area (Å²) in [4.78, 5) is 27.2. The first-order chi connectivity index (χ1) is 8.95. The van der Waals surface area contributed by atoms with Gasteiger partial charge in [0, 0.05) is 24.5 Å². The number of hydrogen-bond donors (Lipinski definition) is 1. The molecular formula is C13H16BrN3O2. The van der Waals surface area contributed by atoms with Gasteiger partial charge in [-0.3, -0.25) is 9.59 Å². The molecule has 1 aromatic carbocycles. The van der Waals surface area contributed by atoms with E-state index in [4.69, 9.17) is 5.73 Å². The van der Waals surface area contributed by atoms with Crippen LogP contribution in [0.2, 0.25) is 0 Å². The zero-order valence-electron chi connectivity index (χ0n) is 10.9. The molecule has 0 aromatic heterocycles. The van der Waals surface area contributed by atoms with E-state index in [-0.39, 0.29) is 18.4 Å². The Balaban J connectivity index is 2.64. The van der Waals surface area contributed by atoms with Gasteiger partial charge in [-0.15, -0.1) is 0 Å². The minimum absolute atomic E-state index is 0.00827. The molecule has 19 heavy (non-hydrogen) atoms. The van der Waals surface area contributed by atoms with Crippen molar-refractivity contribution >= 4 is 39.1 Å². The van der Waals surface area contributed by atoms with Gasteiger partial charge >= 0.3 is 0 Å². The lowest BCUT2D eigenvalue weighted by molar-refractivity contribution is -0.118. The van der Waals surface area contributed by atoms with Crippen LogP contribution in [0.1, 0.15) is 12.0 Å². The molecule has 0 atom stereocenters. The van der Waals surface area contributed by atoms with E-state index < -0.39 is 0 Å². The summed E-state index contributed by atoms with van der Waals surface area (Å²) in [7, 11) is 1.73. The van der Waals surface area contributed by atoms with Crippen molar-refractivity contribution in [2.24, 2.45) is 5.73 Å². The van der Waals surface area contributed by atoms with E-state index >= 15 is 0 Å². The van der Waals surface area contributed by atoms with Gasteiger partial charge in [-0.25, -0.2) is 0 Å². The number of rotatable bonds is 1. The normalized spacial score (nSPS) is 15.3. The van der Waals surface area contributed by atoms with Gasteiger partial charge in [0.25, 0.3) is 0 Å². The third kappa shape index (κ3) is 2.50. The molecule has 2 rings (SSSR count). The first-order valence-corrected chi connectivity index (χ1v) is 6.82. The standard InChI is InChI=1S/C13H16BrN3O2/c1-8-5-9(14)13-10(6-8)16(2)11(18)3-4-17(13)12(19)7-15/h5-6H,3-4,7,15H2,1-2H3. The van der Waals surface area contributed by atoms with Crippen LogP contribution in [0.3, 0.4) is 0 Å². The lowest BCUT2D eigenvalue weighted by Gasteiger charge is -2.25. The van der Waals surface area contributed by atoms with Gasteiger partial charge in [-0.1, -0.05) is 0 Å². The number of carbonyl (C=O) groups excluding carboxylic acids is 2. The number of carbonyl (C=O) groups is 2. The third-order valence-corrected chi connectivity index (χ3v) is 3.82. The number of hydrogen-bond acceptors (Lipinski definition) is 3. The van der Waals surface area contributed by atoms with Crippen LogP contribution in [0, 0.1) is 6.92 Å². The predicted molar refractivity (Wildman–Crippen MR) is 78.3 cm³/mol. The lowest BCUT2D eigenvalue weighted by atomic mass is 10.1. The van der Waals surface area contributed by atoms with Crippen molar-refractivity contribution in [3.8, 4) is 0 Å². The molecule has 0 radical (unpaired) electrons. The Hall–Kier alpha value is -1.40. The molecule has 5 nitrogen and oxygen atoms in total. The molecule has 2 N–H and O–H groups in total. The van der Waals surface area contributed by atoms with Crippen LogP contribution >= 0.6 is 15.9 Å². The Kier molecular flexibility index (Phi) is 3.91. The molecule has 1 aromatic rings. The molecule has 0 spiro atoms. The number of halogens is 1. The Morgan fingerprint density at radius 3 is 2.79 bits per heavy atom. The fourth-order valence-electron chi connectivity index (χ4n) is 2.22. The maximum Gasteiger partial charge on any atom is 0.240 e. The molecule has 6 heteroatoms. The Morgan fingerprint density at radius 2 is 2.16 bits per heavy atom. The first kappa shape index (κ1) is 14.0. The van der Waals surface area contributed by atoms with Gasteiger partial charge in [0.1, 0.15) is 0 Å². The van der Waals surface area contributed by atoms with Gasteiger partial charge in [-0.2, -0.15) is 0 Å². The van der Waals surface area contributed by atoms with Crippen molar-refractivity contribution in [2.45, 2.75) is 13.3 Å². The average Bonchev–Trinajstić information content (AvgIpc) is 2.49. The SMILES string of the molecule is Cc1cc(Br)c2c(c1)N(C)C(=O)CCN2C(=O)CN. The quantitative estimate of drug-likeness (QED) is 0.849. The fraction of sp³-hybridized carbons (Fsp3) is 0.385. The molecule has 0 fully saturated rings. The average molecular weight is 326 g/mol. The first-order valence-electron chi connectivity index (χ1n) is 6.03. The number of aryl methyl sites for hydroxylation is 1. The van der Waals surface area contributed by atoms with Crippen LogP contribution in [0.4, 0.5) is 11.4 Å². The molecule has 1 aliphatic heterocycles. The highest BCUT2D eigenvalue weighted by Gasteiger charge is 2.28. The van der Waals surface area contributed by atoms with E-state index in [1.807, 2.05) is 19.1 Å². The van der Waals surface area contributed by atoms with Crippen molar-refractivity contribution in [1.82, 2.24) is 0 Å². The summed E-state index contributed by atoms with van der Waals surface area (Å²) in [5, 5.41) is 0. The number of anilines is 2. The minimum Gasteiger partial charge on any atom is -0.322 e. The third-order valence-electron chi connectivity index (χ3n) is 3.22. The lowest BCUT2D eigenvalue weighted by Crippen LogP contribution is -2.37. The molecule has 1 aliphatic rings. The van der Waals surface area contributed by atoms with Gasteiger partial charge in [-0.05, 0) is 40.5 Å². The summed E-state index contributed by atoms with van der Waals surface area (Å²) in [5.74, 6) is -0.194. The molecule has 0 saturated carbocycles. The number of amides is 2. The maximum atomic E-state index is 12.0. The van der Waals surface area contributed by atoms with E-state index in [2.05, 4.69) is 15.9 Å². The van der Waals surface area contributed by atoms with Crippen LogP contribution in [-0.2, 0) is 9.59 Å². The Morgan fingerprint density at radius 1 is 1.47 bits per heavy atom. The van der Waals surface area contributed by atoms with Crippen LogP contribution in [-0.4, -0.2) is 32.0 Å². The minimum atomic E-state index is -0.186. The van der Waals surface area contributed by atoms with Crippen molar-refractivity contribution in [2.75, 3.05) is 29.9 Å². The molecule has 2 amide bonds. The molecule has 0 aliphatic carbocycles. The molecule has 0 saturated heterocycles. The van der Waals surface area contributed by atoms with Gasteiger partial charge in [0.15, 0.2) is 0 Å². The summed E-state index contributed by atoms with van der Waals surface area (Å²) in [6.45, 7) is 2.23. The maximum absolute atomic E-state index is 12.0. The summed E-state index contributed by atoms with van der Waals surface area (Å²) in [6, 6.07) is 3.83. The summed E-state index contributed by atoms with van der Waals surface area (Å²) >= 11 is 3.48. The van der Waals surface area contributed by atoms with Gasteiger partial charge in [0.2, 0.25) is 11.8 Å². The second kappa shape index (κ2) is 5.30. The zero-order valence-corrected chi connectivity index (χ0v) is 12.5. The molecule has 0 bridgehead atoms. The Bertz CT molecular complexity index is 545. The number of fused-ring (bicyclic) bond motifs is 1. The number of benzene rings is 1. The largest absolute Gasteiger partial charge is 0.322 e. The van der Waals surface area contributed by atoms with Crippen LogP contribution in [0.25, 0.3) is 0 Å². The molecular weight excluding hydrogens is 310 g/mol. The number of nitrogens with zero attached hydrogens (tertiary/aromatic N) is 2. The van der Waals surface area contributed by atoms with E-state index in [9.17, 15) is 9.59 Å². The number of nitrogens with two attached hydrogens (primary N) is 1. The topological polar surface area (TPSA) is 66.6 Å². The second-order valence-corrected chi connectivity index (χ2v) is 5.42. The smallest absolute Gasteiger partial charge is 0.240 e. The van der Waals surface area contributed by atoms with E-state index in [1.165, 1.54) is 0 Å². The van der Waals surface area contributed by atoms with Crippen molar-refractivity contribution in [1.29, 1.82) is 0 Å². The van der Waals surface area contributed by atoms with Crippen LogP contribution in [0.15, 0.2) is 16.6 Å². The van der Waals surface area contributed by atoms with Crippen molar-refractivity contribution < 1.29 is 9.59 Å². The van der Waals surface area contributed by atoms with Crippen molar-refractivity contribution in [3.63, 3.8) is 0 Å². The summed E-state index contributed by atoms with van der Waals surface area (Å²) in [6.07, 6.45) is 0.294.